The first kappa shape index (κ1) is 27.1. The van der Waals surface area contributed by atoms with E-state index in [1.165, 1.54) is 6.21 Å². The number of hydrogen-bond acceptors (Lipinski definition) is 6. The molecule has 1 amide bonds. The summed E-state index contributed by atoms with van der Waals surface area (Å²) in [5, 5.41) is 0. The highest BCUT2D eigenvalue weighted by Crippen LogP contribution is 2.33. The van der Waals surface area contributed by atoms with Crippen molar-refractivity contribution in [1.82, 2.24) is 4.90 Å². The standard InChI is InChI=1S/C22H29F4N5O3S/c1-13-10-16(31-9-8-14(23)12-31)4-7-19(13)29-11-18(21(28)32)20(27)30-15-2-5-17(6-3-15)35(33,34)22(24,25)26/h2-3,5-6,11,13-14,16,18-19H,4,7-10,12H2,1H3,(H2,27,30)(H2,28,32). The Morgan fingerprint density at radius 3 is 2.34 bits per heavy atom. The molecule has 1 heterocycles. The van der Waals surface area contributed by atoms with Gasteiger partial charge in [-0.15, -0.1) is 0 Å². The molecule has 5 unspecified atom stereocenters. The summed E-state index contributed by atoms with van der Waals surface area (Å²) in [6, 6.07) is 3.84. The summed E-state index contributed by atoms with van der Waals surface area (Å²) in [5.41, 5.74) is 6.00. The Bertz CT molecular complexity index is 1080. The summed E-state index contributed by atoms with van der Waals surface area (Å²) in [4.78, 5) is 21.7. The number of halogens is 4. The summed E-state index contributed by atoms with van der Waals surface area (Å²) >= 11 is 0. The molecule has 2 aliphatic rings. The van der Waals surface area contributed by atoms with Gasteiger partial charge in [-0.3, -0.25) is 14.7 Å². The van der Waals surface area contributed by atoms with Gasteiger partial charge in [0, 0.05) is 25.3 Å². The number of rotatable bonds is 7. The number of amidine groups is 1. The number of carbonyl (C=O) groups is 1. The van der Waals surface area contributed by atoms with E-state index in [0.29, 0.717) is 19.0 Å². The van der Waals surface area contributed by atoms with Crippen LogP contribution in [0.15, 0.2) is 39.1 Å². The largest absolute Gasteiger partial charge is 0.501 e. The van der Waals surface area contributed by atoms with Crippen molar-refractivity contribution >= 4 is 33.5 Å². The molecule has 1 aromatic carbocycles. The van der Waals surface area contributed by atoms with E-state index in [1.807, 2.05) is 6.92 Å². The van der Waals surface area contributed by atoms with Crippen LogP contribution in [-0.4, -0.2) is 68.1 Å². The van der Waals surface area contributed by atoms with Gasteiger partial charge in [-0.25, -0.2) is 17.8 Å². The lowest BCUT2D eigenvalue weighted by molar-refractivity contribution is -0.118. The fourth-order valence-electron chi connectivity index (χ4n) is 4.52. The number of primary amides is 1. The minimum atomic E-state index is -5.49. The van der Waals surface area contributed by atoms with Gasteiger partial charge in [-0.2, -0.15) is 13.2 Å². The second-order valence-electron chi connectivity index (χ2n) is 9.05. The van der Waals surface area contributed by atoms with E-state index >= 15 is 0 Å². The lowest BCUT2D eigenvalue weighted by Crippen LogP contribution is -2.41. The Hall–Kier alpha value is -2.54. The summed E-state index contributed by atoms with van der Waals surface area (Å²) in [6.45, 7) is 3.27. The predicted octanol–water partition coefficient (Wildman–Crippen LogP) is 2.74. The quantitative estimate of drug-likeness (QED) is 0.325. The number of nitrogens with two attached hydrogens (primary N) is 2. The number of hydrogen-bond donors (Lipinski definition) is 2. The smallest absolute Gasteiger partial charge is 0.386 e. The average molecular weight is 520 g/mol. The van der Waals surface area contributed by atoms with Crippen LogP contribution in [0.25, 0.3) is 0 Å². The van der Waals surface area contributed by atoms with Crippen molar-refractivity contribution in [2.24, 2.45) is 33.3 Å². The van der Waals surface area contributed by atoms with Gasteiger partial charge < -0.3 is 11.5 Å². The van der Waals surface area contributed by atoms with E-state index in [0.717, 1.165) is 50.1 Å². The number of amides is 1. The zero-order valence-electron chi connectivity index (χ0n) is 19.2. The normalized spacial score (nSPS) is 27.9. The fourth-order valence-corrected chi connectivity index (χ4v) is 5.29. The second kappa shape index (κ2) is 10.6. The Labute approximate surface area is 201 Å². The summed E-state index contributed by atoms with van der Waals surface area (Å²) in [7, 11) is -5.49. The minimum absolute atomic E-state index is 0.0499. The Kier molecular flexibility index (Phi) is 8.20. The van der Waals surface area contributed by atoms with Crippen molar-refractivity contribution in [2.75, 3.05) is 13.1 Å². The van der Waals surface area contributed by atoms with Gasteiger partial charge in [0.25, 0.3) is 9.84 Å². The second-order valence-corrected chi connectivity index (χ2v) is 11.0. The van der Waals surface area contributed by atoms with Gasteiger partial charge in [-0.05, 0) is 55.9 Å². The highest BCUT2D eigenvalue weighted by molar-refractivity contribution is 7.92. The first-order valence-corrected chi connectivity index (χ1v) is 12.7. The molecule has 0 spiro atoms. The molecule has 194 valence electrons. The summed E-state index contributed by atoms with van der Waals surface area (Å²) < 4.78 is 74.5. The van der Waals surface area contributed by atoms with Crippen LogP contribution in [0, 0.1) is 11.8 Å². The van der Waals surface area contributed by atoms with Gasteiger partial charge in [0.15, 0.2) is 0 Å². The molecule has 13 heteroatoms. The van der Waals surface area contributed by atoms with Crippen molar-refractivity contribution in [3.8, 4) is 0 Å². The Morgan fingerprint density at radius 2 is 1.83 bits per heavy atom. The highest BCUT2D eigenvalue weighted by atomic mass is 32.2. The van der Waals surface area contributed by atoms with Crippen LogP contribution in [0.5, 0.6) is 0 Å². The predicted molar refractivity (Wildman–Crippen MR) is 124 cm³/mol. The van der Waals surface area contributed by atoms with Crippen LogP contribution in [-0.2, 0) is 14.6 Å². The van der Waals surface area contributed by atoms with Crippen LogP contribution >= 0.6 is 0 Å². The molecule has 8 nitrogen and oxygen atoms in total. The molecule has 0 radical (unpaired) electrons. The maximum atomic E-state index is 13.5. The van der Waals surface area contributed by atoms with E-state index in [-0.39, 0.29) is 23.5 Å². The van der Waals surface area contributed by atoms with Crippen molar-refractivity contribution in [1.29, 1.82) is 0 Å². The number of nitrogens with zero attached hydrogens (tertiary/aromatic N) is 3. The first-order chi connectivity index (χ1) is 16.3. The molecule has 2 fully saturated rings. The lowest BCUT2D eigenvalue weighted by Gasteiger charge is -2.37. The van der Waals surface area contributed by atoms with Crippen molar-refractivity contribution in [3.05, 3.63) is 24.3 Å². The summed E-state index contributed by atoms with van der Waals surface area (Å²) in [6.07, 6.45) is 3.59. The summed E-state index contributed by atoms with van der Waals surface area (Å²) in [5.74, 6) is -1.98. The molecule has 0 aromatic heterocycles. The van der Waals surface area contributed by atoms with Crippen molar-refractivity contribution in [2.45, 2.75) is 61.3 Å². The minimum Gasteiger partial charge on any atom is -0.386 e. The molecular formula is C22H29F4N5O3S. The van der Waals surface area contributed by atoms with Gasteiger partial charge >= 0.3 is 5.51 Å². The van der Waals surface area contributed by atoms with Crippen LogP contribution < -0.4 is 11.5 Å². The van der Waals surface area contributed by atoms with Crippen LogP contribution in [0.1, 0.15) is 32.6 Å². The molecule has 1 saturated heterocycles. The molecule has 1 aromatic rings. The monoisotopic (exact) mass is 519 g/mol. The topological polar surface area (TPSA) is 131 Å². The van der Waals surface area contributed by atoms with E-state index in [1.54, 1.807) is 0 Å². The molecule has 1 aliphatic carbocycles. The SMILES string of the molecule is CC1CC(N2CCC(F)C2)CCC1N=CC(C(N)=O)C(N)=Nc1ccc(S(=O)(=O)C(F)(F)F)cc1. The molecule has 4 N–H and O–H groups in total. The van der Waals surface area contributed by atoms with E-state index in [9.17, 15) is 30.8 Å². The van der Waals surface area contributed by atoms with Crippen LogP contribution in [0.2, 0.25) is 0 Å². The fraction of sp³-hybridized carbons (Fsp3) is 0.591. The van der Waals surface area contributed by atoms with Gasteiger partial charge in [0.1, 0.15) is 17.9 Å². The van der Waals surface area contributed by atoms with Gasteiger partial charge in [0.05, 0.1) is 16.6 Å². The number of sulfone groups is 1. The molecule has 3 rings (SSSR count). The zero-order valence-corrected chi connectivity index (χ0v) is 20.0. The third-order valence-corrected chi connectivity index (χ3v) is 8.04. The van der Waals surface area contributed by atoms with Crippen molar-refractivity contribution in [3.63, 3.8) is 0 Å². The highest BCUT2D eigenvalue weighted by Gasteiger charge is 2.46. The number of carbonyl (C=O) groups excluding carboxylic acids is 1. The number of benzene rings is 1. The third-order valence-electron chi connectivity index (χ3n) is 6.54. The number of likely N-dealkylation sites (tertiary alicyclic amines) is 1. The number of alkyl halides is 4. The molecule has 35 heavy (non-hydrogen) atoms. The van der Waals surface area contributed by atoms with Crippen LogP contribution in [0.4, 0.5) is 23.2 Å². The molecule has 1 aliphatic heterocycles. The van der Waals surface area contributed by atoms with E-state index in [4.69, 9.17) is 11.5 Å². The van der Waals surface area contributed by atoms with E-state index < -0.39 is 38.2 Å². The Balaban J connectivity index is 1.68. The molecule has 5 atom stereocenters. The molecule has 0 bridgehead atoms. The zero-order chi connectivity index (χ0) is 26.0. The third kappa shape index (κ3) is 6.37. The van der Waals surface area contributed by atoms with Gasteiger partial charge in [0.2, 0.25) is 5.91 Å². The molecular weight excluding hydrogens is 490 g/mol. The average Bonchev–Trinajstić information content (AvgIpc) is 3.20. The lowest BCUT2D eigenvalue weighted by atomic mass is 9.82. The molecule has 1 saturated carbocycles. The van der Waals surface area contributed by atoms with Gasteiger partial charge in [-0.1, -0.05) is 6.92 Å². The maximum Gasteiger partial charge on any atom is 0.501 e. The van der Waals surface area contributed by atoms with E-state index in [2.05, 4.69) is 14.9 Å². The Morgan fingerprint density at radius 1 is 1.17 bits per heavy atom. The number of aliphatic imine (C=N–C) groups is 2. The maximum absolute atomic E-state index is 13.5. The van der Waals surface area contributed by atoms with Crippen LogP contribution in [0.3, 0.4) is 0 Å². The first-order valence-electron chi connectivity index (χ1n) is 11.3. The van der Waals surface area contributed by atoms with Crippen molar-refractivity contribution < 1.29 is 30.8 Å².